The Bertz CT molecular complexity index is 99.1. The van der Waals surface area contributed by atoms with Gasteiger partial charge < -0.3 is 10.1 Å². The number of nitrogens with one attached hydrogen (secondary N) is 1. The molecule has 0 spiro atoms. The van der Waals surface area contributed by atoms with Gasteiger partial charge in [0.1, 0.15) is 0 Å². The molecule has 0 aromatic carbocycles. The molecular weight excluding hydrogens is 114 g/mol. The molecule has 0 bridgehead atoms. The average Bonchev–Trinajstić information content (AvgIpc) is 1.85. The highest BCUT2D eigenvalue weighted by molar-refractivity contribution is 4.95. The van der Waals surface area contributed by atoms with Gasteiger partial charge in [0, 0.05) is 0 Å². The van der Waals surface area contributed by atoms with Crippen LogP contribution in [0.1, 0.15) is 20.3 Å². The van der Waals surface area contributed by atoms with Gasteiger partial charge >= 0.3 is 0 Å². The van der Waals surface area contributed by atoms with Crippen LogP contribution in [0.25, 0.3) is 0 Å². The maximum Gasteiger partial charge on any atom is 0.0827 e. The van der Waals surface area contributed by atoms with Gasteiger partial charge in [-0.25, -0.2) is 0 Å². The number of hydrogen-bond acceptors (Lipinski definition) is 2. The Morgan fingerprint density at radius 2 is 2.44 bits per heavy atom. The van der Waals surface area contributed by atoms with Gasteiger partial charge in [0.2, 0.25) is 0 Å². The highest BCUT2D eigenvalue weighted by atomic mass is 16.5. The summed E-state index contributed by atoms with van der Waals surface area (Å²) < 4.78 is 5.41. The van der Waals surface area contributed by atoms with E-state index in [2.05, 4.69) is 19.2 Å². The molecule has 2 unspecified atom stereocenters. The number of likely N-dealkylation sites (N-methyl/N-ethyl adjacent to an activating group) is 1. The van der Waals surface area contributed by atoms with Crippen LogP contribution in [-0.4, -0.2) is 25.3 Å². The lowest BCUT2D eigenvalue weighted by molar-refractivity contribution is -0.165. The number of rotatable bonds is 2. The predicted octanol–water partition coefficient (Wildman–Crippen LogP) is 0.773. The molecule has 2 atom stereocenters. The lowest BCUT2D eigenvalue weighted by Gasteiger charge is -2.46. The molecule has 1 aliphatic rings. The molecule has 0 saturated carbocycles. The molecule has 1 aliphatic heterocycles. The monoisotopic (exact) mass is 129 g/mol. The van der Waals surface area contributed by atoms with Crippen LogP contribution in [0.4, 0.5) is 0 Å². The third-order valence-corrected chi connectivity index (χ3v) is 2.37. The molecule has 0 radical (unpaired) electrons. The Balaban J connectivity index is 2.41. The number of hydrogen-bond donors (Lipinski definition) is 1. The van der Waals surface area contributed by atoms with Crippen molar-refractivity contribution in [1.29, 1.82) is 0 Å². The SMILES string of the molecule is CCC1(C)OCC1NC. The molecule has 0 aromatic heterocycles. The maximum atomic E-state index is 5.41. The summed E-state index contributed by atoms with van der Waals surface area (Å²) in [5.41, 5.74) is 0.120. The highest BCUT2D eigenvalue weighted by Gasteiger charge is 2.41. The van der Waals surface area contributed by atoms with Crippen molar-refractivity contribution in [2.24, 2.45) is 0 Å². The van der Waals surface area contributed by atoms with Crippen molar-refractivity contribution < 1.29 is 4.74 Å². The molecule has 1 heterocycles. The van der Waals surface area contributed by atoms with Crippen LogP contribution in [0.3, 0.4) is 0 Å². The van der Waals surface area contributed by atoms with Crippen molar-refractivity contribution >= 4 is 0 Å². The molecule has 2 heteroatoms. The van der Waals surface area contributed by atoms with Crippen LogP contribution in [0.15, 0.2) is 0 Å². The van der Waals surface area contributed by atoms with E-state index in [4.69, 9.17) is 4.74 Å². The Morgan fingerprint density at radius 1 is 1.78 bits per heavy atom. The van der Waals surface area contributed by atoms with Crippen molar-refractivity contribution in [3.05, 3.63) is 0 Å². The summed E-state index contributed by atoms with van der Waals surface area (Å²) in [7, 11) is 1.99. The van der Waals surface area contributed by atoms with Crippen LogP contribution in [0.2, 0.25) is 0 Å². The van der Waals surface area contributed by atoms with Gasteiger partial charge in [-0.15, -0.1) is 0 Å². The average molecular weight is 129 g/mol. The normalized spacial score (nSPS) is 42.3. The van der Waals surface area contributed by atoms with Crippen molar-refractivity contribution in [3.8, 4) is 0 Å². The van der Waals surface area contributed by atoms with Gasteiger partial charge in [0.25, 0.3) is 0 Å². The van der Waals surface area contributed by atoms with Gasteiger partial charge in [-0.3, -0.25) is 0 Å². The zero-order chi connectivity index (χ0) is 6.91. The molecule has 9 heavy (non-hydrogen) atoms. The fourth-order valence-corrected chi connectivity index (χ4v) is 1.19. The molecule has 0 aliphatic carbocycles. The van der Waals surface area contributed by atoms with Gasteiger partial charge in [-0.2, -0.15) is 0 Å². The minimum atomic E-state index is 0.120. The second kappa shape index (κ2) is 2.27. The van der Waals surface area contributed by atoms with E-state index in [1.165, 1.54) is 0 Å². The van der Waals surface area contributed by atoms with Crippen molar-refractivity contribution in [2.45, 2.75) is 31.9 Å². The summed E-state index contributed by atoms with van der Waals surface area (Å²) in [6.45, 7) is 5.18. The minimum absolute atomic E-state index is 0.120. The molecule has 0 aromatic rings. The van der Waals surface area contributed by atoms with E-state index in [-0.39, 0.29) is 5.60 Å². The summed E-state index contributed by atoms with van der Waals surface area (Å²) in [6, 6.07) is 0.572. The summed E-state index contributed by atoms with van der Waals surface area (Å²) >= 11 is 0. The van der Waals surface area contributed by atoms with Crippen LogP contribution in [0, 0.1) is 0 Å². The first-order chi connectivity index (χ1) is 4.23. The fourth-order valence-electron chi connectivity index (χ4n) is 1.19. The molecular formula is C7H15NO. The van der Waals surface area contributed by atoms with Crippen molar-refractivity contribution in [2.75, 3.05) is 13.7 Å². The lowest BCUT2D eigenvalue weighted by Crippen LogP contribution is -2.61. The summed E-state index contributed by atoms with van der Waals surface area (Å²) in [4.78, 5) is 0. The lowest BCUT2D eigenvalue weighted by atomic mass is 9.89. The van der Waals surface area contributed by atoms with Gasteiger partial charge in [-0.05, 0) is 20.4 Å². The van der Waals surface area contributed by atoms with E-state index in [1.807, 2.05) is 7.05 Å². The second-order valence-corrected chi connectivity index (χ2v) is 2.82. The predicted molar refractivity (Wildman–Crippen MR) is 37.5 cm³/mol. The summed E-state index contributed by atoms with van der Waals surface area (Å²) in [6.07, 6.45) is 1.10. The van der Waals surface area contributed by atoms with E-state index in [9.17, 15) is 0 Å². The molecule has 1 N–H and O–H groups in total. The van der Waals surface area contributed by atoms with Gasteiger partial charge in [0.05, 0.1) is 18.2 Å². The molecule has 54 valence electrons. The standard InChI is InChI=1S/C7H15NO/c1-4-7(2)6(8-3)5-9-7/h6,8H,4-5H2,1-3H3. The number of ether oxygens (including phenoxy) is 1. The van der Waals surface area contributed by atoms with Crippen LogP contribution in [-0.2, 0) is 4.74 Å². The topological polar surface area (TPSA) is 21.3 Å². The van der Waals surface area contributed by atoms with Crippen LogP contribution in [0.5, 0.6) is 0 Å². The maximum absolute atomic E-state index is 5.41. The fraction of sp³-hybridized carbons (Fsp3) is 1.00. The largest absolute Gasteiger partial charge is 0.372 e. The molecule has 1 saturated heterocycles. The van der Waals surface area contributed by atoms with E-state index in [1.54, 1.807) is 0 Å². The third-order valence-electron chi connectivity index (χ3n) is 2.37. The first kappa shape index (κ1) is 7.03. The van der Waals surface area contributed by atoms with Crippen LogP contribution >= 0.6 is 0 Å². The first-order valence-corrected chi connectivity index (χ1v) is 3.54. The Morgan fingerprint density at radius 3 is 2.56 bits per heavy atom. The van der Waals surface area contributed by atoms with Gasteiger partial charge in [0.15, 0.2) is 0 Å². The van der Waals surface area contributed by atoms with Crippen LogP contribution < -0.4 is 5.32 Å². The highest BCUT2D eigenvalue weighted by Crippen LogP contribution is 2.28. The Kier molecular flexibility index (Phi) is 1.78. The quantitative estimate of drug-likeness (QED) is 0.594. The first-order valence-electron chi connectivity index (χ1n) is 3.54. The van der Waals surface area contributed by atoms with Gasteiger partial charge in [-0.1, -0.05) is 6.92 Å². The van der Waals surface area contributed by atoms with Crippen molar-refractivity contribution in [1.82, 2.24) is 5.32 Å². The summed E-state index contributed by atoms with van der Waals surface area (Å²) in [5, 5.41) is 3.22. The molecule has 1 fully saturated rings. The van der Waals surface area contributed by atoms with E-state index >= 15 is 0 Å². The molecule has 1 rings (SSSR count). The third kappa shape index (κ3) is 0.970. The second-order valence-electron chi connectivity index (χ2n) is 2.82. The smallest absolute Gasteiger partial charge is 0.0827 e. The summed E-state index contributed by atoms with van der Waals surface area (Å²) in [5.74, 6) is 0. The Labute approximate surface area is 56.6 Å². The Hall–Kier alpha value is -0.0800. The molecule has 2 nitrogen and oxygen atoms in total. The van der Waals surface area contributed by atoms with E-state index < -0.39 is 0 Å². The minimum Gasteiger partial charge on any atom is -0.372 e. The van der Waals surface area contributed by atoms with E-state index in [0.717, 1.165) is 13.0 Å². The van der Waals surface area contributed by atoms with E-state index in [0.29, 0.717) is 6.04 Å². The zero-order valence-corrected chi connectivity index (χ0v) is 6.40. The van der Waals surface area contributed by atoms with Crippen molar-refractivity contribution in [3.63, 3.8) is 0 Å². The molecule has 0 amide bonds. The zero-order valence-electron chi connectivity index (χ0n) is 6.40.